The van der Waals surface area contributed by atoms with E-state index in [1.807, 2.05) is 36.4 Å². The largest absolute Gasteiger partial charge is 0.497 e. The van der Waals surface area contributed by atoms with E-state index in [9.17, 15) is 0 Å². The van der Waals surface area contributed by atoms with E-state index in [-0.39, 0.29) is 11.8 Å². The molecule has 74 heavy (non-hydrogen) atoms. The zero-order valence-electron chi connectivity index (χ0n) is 45.6. The average Bonchev–Trinajstić information content (AvgIpc) is 3.44. The first-order valence-electron chi connectivity index (χ1n) is 24.5. The molecule has 0 radical (unpaired) electrons. The molecule has 0 aliphatic rings. The lowest BCUT2D eigenvalue weighted by molar-refractivity contribution is 0.323. The molecule has 0 spiro atoms. The molecule has 0 N–H and O–H groups in total. The van der Waals surface area contributed by atoms with Gasteiger partial charge in [-0.1, -0.05) is 0 Å². The average molecular weight is 1020 g/mol. The summed E-state index contributed by atoms with van der Waals surface area (Å²) in [5, 5.41) is 0. The van der Waals surface area contributed by atoms with Crippen LogP contribution in [0.3, 0.4) is 0 Å². The minimum absolute atomic E-state index is 0.0141. The Morgan fingerprint density at radius 3 is 0.905 bits per heavy atom. The summed E-state index contributed by atoms with van der Waals surface area (Å²) in [4.78, 5) is 0. The van der Waals surface area contributed by atoms with Crippen molar-refractivity contribution in [1.29, 1.82) is 0 Å². The van der Waals surface area contributed by atoms with Gasteiger partial charge in [0.15, 0.2) is 23.0 Å². The Balaban J connectivity index is 1.45. The first kappa shape index (κ1) is 55.8. The molecule has 6 aromatic rings. The van der Waals surface area contributed by atoms with Gasteiger partial charge in [-0.15, -0.1) is 0 Å². The maximum absolute atomic E-state index is 6.28. The number of hydrogen-bond donors (Lipinski definition) is 0. The van der Waals surface area contributed by atoms with Gasteiger partial charge in [0.25, 0.3) is 0 Å². The summed E-state index contributed by atoms with van der Waals surface area (Å²) in [6, 6.07) is 28.6. The number of benzene rings is 6. The van der Waals surface area contributed by atoms with Crippen molar-refractivity contribution >= 4 is 0 Å². The van der Waals surface area contributed by atoms with Crippen LogP contribution in [-0.4, -0.2) is 99.5 Å². The molecule has 0 saturated heterocycles. The third-order valence-electron chi connectivity index (χ3n) is 13.7. The van der Waals surface area contributed by atoms with Crippen molar-refractivity contribution in [1.82, 2.24) is 0 Å². The lowest BCUT2D eigenvalue weighted by atomic mass is 9.75. The minimum atomic E-state index is -0.0995. The SMILES string of the molecule is COc1cc(C[C@H](CCc2cc(OC)c(CCc3cc(OC)c(OC)c(OC)c3)c(OC)c2)[C@H](Cc2cc(OC)cc(OC)c2)c2cc(OC)c(CCc3cc(OC)c(OC)c(OC)c3)c(OC)c2)cc(OC)c1. The van der Waals surface area contributed by atoms with Crippen molar-refractivity contribution in [2.75, 3.05) is 99.5 Å². The molecule has 0 aromatic heterocycles. The highest BCUT2D eigenvalue weighted by Crippen LogP contribution is 2.45. The molecule has 0 aliphatic heterocycles. The molecule has 0 unspecified atom stereocenters. The fourth-order valence-corrected chi connectivity index (χ4v) is 9.87. The standard InChI is InChI=1S/C60H74O14/c1-61-44-22-40(23-45(35-44)62-2)21-42(18-15-37-27-51(65-5)48(52(28-37)66-6)19-16-38-29-55(69-9)59(73-13)56(30-38)70-10)50(26-41-24-46(63-3)36-47(25-41)64-4)43-33-53(67-7)49(54(34-43)68-8)20-17-39-31-57(71-11)60(74-14)58(32-39)72-12/h22-25,27-36,42,50H,15-21,26H2,1-14H3/t42-,50-/m0/s1. The van der Waals surface area contributed by atoms with Crippen LogP contribution in [0.2, 0.25) is 0 Å². The third-order valence-corrected chi connectivity index (χ3v) is 13.7. The first-order valence-corrected chi connectivity index (χ1v) is 24.5. The molecule has 14 heteroatoms. The summed E-state index contributed by atoms with van der Waals surface area (Å²) in [7, 11) is 23.2. The molecule has 0 amide bonds. The van der Waals surface area contributed by atoms with Crippen molar-refractivity contribution in [3.05, 3.63) is 129 Å². The van der Waals surface area contributed by atoms with E-state index in [1.54, 1.807) is 99.5 Å². The summed E-state index contributed by atoms with van der Waals surface area (Å²) in [5.41, 5.74) is 8.16. The highest BCUT2D eigenvalue weighted by molar-refractivity contribution is 5.57. The zero-order valence-corrected chi connectivity index (χ0v) is 45.6. The molecule has 0 bridgehead atoms. The van der Waals surface area contributed by atoms with Crippen LogP contribution in [0.1, 0.15) is 56.8 Å². The smallest absolute Gasteiger partial charge is 0.203 e. The van der Waals surface area contributed by atoms with Gasteiger partial charge >= 0.3 is 0 Å². The van der Waals surface area contributed by atoms with Crippen molar-refractivity contribution in [3.63, 3.8) is 0 Å². The Morgan fingerprint density at radius 2 is 0.581 bits per heavy atom. The second kappa shape index (κ2) is 27.0. The van der Waals surface area contributed by atoms with Crippen molar-refractivity contribution in [3.8, 4) is 80.5 Å². The molecule has 398 valence electrons. The molecule has 0 heterocycles. The Labute approximate surface area is 437 Å². The minimum Gasteiger partial charge on any atom is -0.497 e. The summed E-state index contributed by atoms with van der Waals surface area (Å²) in [6.07, 6.45) is 5.32. The van der Waals surface area contributed by atoms with Crippen LogP contribution in [0.4, 0.5) is 0 Å². The molecule has 0 fully saturated rings. The maximum atomic E-state index is 6.28. The van der Waals surface area contributed by atoms with Crippen molar-refractivity contribution in [2.45, 2.75) is 57.3 Å². The summed E-state index contributed by atoms with van der Waals surface area (Å²) in [6.45, 7) is 0. The topological polar surface area (TPSA) is 129 Å². The molecule has 6 aromatic carbocycles. The highest BCUT2D eigenvalue weighted by atomic mass is 16.5. The van der Waals surface area contributed by atoms with E-state index in [0.717, 1.165) is 73.9 Å². The second-order valence-electron chi connectivity index (χ2n) is 17.7. The van der Waals surface area contributed by atoms with Gasteiger partial charge in [0, 0.05) is 23.3 Å². The fraction of sp³-hybridized carbons (Fsp3) is 0.400. The van der Waals surface area contributed by atoms with Crippen molar-refractivity contribution in [2.24, 2.45) is 5.92 Å². The van der Waals surface area contributed by atoms with Crippen LogP contribution in [0.15, 0.2) is 84.9 Å². The molecule has 6 rings (SSSR count). The van der Waals surface area contributed by atoms with E-state index >= 15 is 0 Å². The first-order chi connectivity index (χ1) is 36.0. The zero-order chi connectivity index (χ0) is 53.3. The molecule has 14 nitrogen and oxygen atoms in total. The third kappa shape index (κ3) is 13.4. The number of aryl methyl sites for hydroxylation is 3. The Bertz CT molecular complexity index is 2640. The van der Waals surface area contributed by atoms with E-state index in [2.05, 4.69) is 48.5 Å². The lowest BCUT2D eigenvalue weighted by Gasteiger charge is -2.30. The van der Waals surface area contributed by atoms with E-state index < -0.39 is 0 Å². The summed E-state index contributed by atoms with van der Waals surface area (Å²) < 4.78 is 81.9. The van der Waals surface area contributed by atoms with Crippen LogP contribution in [0, 0.1) is 5.92 Å². The quantitative estimate of drug-likeness (QED) is 0.0442. The van der Waals surface area contributed by atoms with Crippen LogP contribution in [-0.2, 0) is 44.9 Å². The van der Waals surface area contributed by atoms with Gasteiger partial charge in [0.05, 0.1) is 99.5 Å². The lowest BCUT2D eigenvalue weighted by Crippen LogP contribution is -2.20. The van der Waals surface area contributed by atoms with Crippen LogP contribution >= 0.6 is 0 Å². The molecule has 0 saturated carbocycles. The maximum Gasteiger partial charge on any atom is 0.203 e. The van der Waals surface area contributed by atoms with Gasteiger partial charge in [-0.05, 0) is 169 Å². The summed E-state index contributed by atoms with van der Waals surface area (Å²) >= 11 is 0. The Morgan fingerprint density at radius 1 is 0.270 bits per heavy atom. The molecule has 2 atom stereocenters. The molecular weight excluding hydrogens is 945 g/mol. The molecular formula is C60H74O14. The normalized spacial score (nSPS) is 11.7. The van der Waals surface area contributed by atoms with Crippen LogP contribution in [0.25, 0.3) is 0 Å². The number of methoxy groups -OCH3 is 14. The van der Waals surface area contributed by atoms with E-state index in [0.29, 0.717) is 102 Å². The van der Waals surface area contributed by atoms with Crippen molar-refractivity contribution < 1.29 is 66.3 Å². The fourth-order valence-electron chi connectivity index (χ4n) is 9.87. The number of ether oxygens (including phenoxy) is 14. The van der Waals surface area contributed by atoms with E-state index in [1.165, 1.54) is 0 Å². The van der Waals surface area contributed by atoms with Gasteiger partial charge in [0.2, 0.25) is 11.5 Å². The predicted molar refractivity (Wildman–Crippen MR) is 287 cm³/mol. The number of hydrogen-bond acceptors (Lipinski definition) is 14. The molecule has 0 aliphatic carbocycles. The monoisotopic (exact) mass is 1020 g/mol. The summed E-state index contributed by atoms with van der Waals surface area (Å²) in [5.74, 6) is 9.15. The number of rotatable bonds is 29. The van der Waals surface area contributed by atoms with Crippen LogP contribution in [0.5, 0.6) is 80.5 Å². The second-order valence-corrected chi connectivity index (χ2v) is 17.7. The van der Waals surface area contributed by atoms with Gasteiger partial charge in [-0.2, -0.15) is 0 Å². The van der Waals surface area contributed by atoms with Gasteiger partial charge in [0.1, 0.15) is 46.0 Å². The predicted octanol–water partition coefficient (Wildman–Crippen LogP) is 11.2. The van der Waals surface area contributed by atoms with Gasteiger partial charge in [-0.25, -0.2) is 0 Å². The van der Waals surface area contributed by atoms with E-state index in [4.69, 9.17) is 66.3 Å². The Hall–Kier alpha value is -7.48. The van der Waals surface area contributed by atoms with Gasteiger partial charge in [-0.3, -0.25) is 0 Å². The Kier molecular flexibility index (Phi) is 20.4. The van der Waals surface area contributed by atoms with Crippen LogP contribution < -0.4 is 66.3 Å². The highest BCUT2D eigenvalue weighted by Gasteiger charge is 2.29. The van der Waals surface area contributed by atoms with Gasteiger partial charge < -0.3 is 66.3 Å².